The van der Waals surface area contributed by atoms with E-state index in [1.165, 1.54) is 45.0 Å². The molecule has 0 amide bonds. The van der Waals surface area contributed by atoms with Gasteiger partial charge in [-0.1, -0.05) is 0 Å². The maximum atomic E-state index is 11.5. The molecule has 2 rings (SSSR count). The van der Waals surface area contributed by atoms with Crippen molar-refractivity contribution in [3.05, 3.63) is 45.0 Å². The average molecular weight is 408 g/mol. The van der Waals surface area contributed by atoms with E-state index >= 15 is 0 Å². The second-order valence-corrected chi connectivity index (χ2v) is 8.37. The Labute approximate surface area is 179 Å². The number of aliphatic hydroxyl groups is 2. The molecule has 27 heavy (non-hydrogen) atoms. The van der Waals surface area contributed by atoms with Gasteiger partial charge in [0.15, 0.2) is 0 Å². The summed E-state index contributed by atoms with van der Waals surface area (Å²) in [7, 11) is 0. The topological polar surface area (TPSA) is 50.3 Å². The van der Waals surface area contributed by atoms with E-state index in [1.54, 1.807) is 6.92 Å². The minimum atomic E-state index is -1.10. The fourth-order valence-corrected chi connectivity index (χ4v) is 4.42. The van der Waals surface area contributed by atoms with E-state index in [9.17, 15) is 10.2 Å². The molecular weight excluding hydrogens is 372 g/mol. The van der Waals surface area contributed by atoms with E-state index in [-0.39, 0.29) is 27.9 Å². The minimum absolute atomic E-state index is 0. The van der Waals surface area contributed by atoms with Gasteiger partial charge in [0.1, 0.15) is 11.8 Å². The monoisotopic (exact) mass is 408 g/mol. The van der Waals surface area contributed by atoms with Crippen molar-refractivity contribution in [2.45, 2.75) is 93.5 Å². The van der Waals surface area contributed by atoms with Crippen LogP contribution in [0.1, 0.15) is 71.5 Å². The van der Waals surface area contributed by atoms with Gasteiger partial charge in [-0.05, 0) is 91.5 Å². The Bertz CT molecular complexity index is 719. The van der Waals surface area contributed by atoms with Crippen molar-refractivity contribution in [3.63, 3.8) is 0 Å². The van der Waals surface area contributed by atoms with Gasteiger partial charge in [0.2, 0.25) is 0 Å². The van der Waals surface area contributed by atoms with E-state index < -0.39 is 11.7 Å². The van der Waals surface area contributed by atoms with E-state index in [0.717, 1.165) is 0 Å². The van der Waals surface area contributed by atoms with Gasteiger partial charge in [-0.15, -0.1) is 0 Å². The van der Waals surface area contributed by atoms with Crippen LogP contribution in [0.4, 0.5) is 0 Å². The molecule has 0 radical (unpaired) electrons. The summed E-state index contributed by atoms with van der Waals surface area (Å²) < 4.78 is 4.51. The van der Waals surface area contributed by atoms with Crippen molar-refractivity contribution in [2.75, 3.05) is 0 Å². The number of aliphatic hydroxyl groups excluding tert-OH is 1. The van der Waals surface area contributed by atoms with Crippen molar-refractivity contribution in [2.24, 2.45) is 0 Å². The third kappa shape index (κ3) is 4.00. The summed E-state index contributed by atoms with van der Waals surface area (Å²) in [6, 6.07) is 0. The molecule has 0 fully saturated rings. The smallest absolute Gasteiger partial charge is 0.138 e. The molecule has 2 aromatic heterocycles. The summed E-state index contributed by atoms with van der Waals surface area (Å²) in [5, 5.41) is 21.6. The molecule has 0 spiro atoms. The summed E-state index contributed by atoms with van der Waals surface area (Å²) in [5.74, 6) is 0. The van der Waals surface area contributed by atoms with E-state index in [1.807, 2.05) is 6.92 Å². The molecule has 0 saturated heterocycles. The molecule has 0 saturated carbocycles. The van der Waals surface area contributed by atoms with Gasteiger partial charge in [-0.2, -0.15) is 0 Å². The van der Waals surface area contributed by atoms with Crippen molar-refractivity contribution in [1.29, 1.82) is 0 Å². The first-order chi connectivity index (χ1) is 11.8. The van der Waals surface area contributed by atoms with Crippen LogP contribution >= 0.6 is 0 Å². The van der Waals surface area contributed by atoms with E-state index in [4.69, 9.17) is 0 Å². The summed E-state index contributed by atoms with van der Waals surface area (Å²) in [6.45, 7) is 20.6. The zero-order valence-electron chi connectivity index (χ0n) is 18.7. The quantitative estimate of drug-likeness (QED) is 0.724. The predicted molar refractivity (Wildman–Crippen MR) is 108 cm³/mol. The Kier molecular flexibility index (Phi) is 7.43. The molecule has 0 aliphatic carbocycles. The van der Waals surface area contributed by atoms with Crippen LogP contribution in [0.15, 0.2) is 0 Å². The van der Waals surface area contributed by atoms with Crippen LogP contribution in [0.2, 0.25) is 0 Å². The summed E-state index contributed by atoms with van der Waals surface area (Å²) in [6.07, 6.45) is -0.580. The molecule has 2 heterocycles. The SMILES string of the molecule is Cc1c(C)c(C)n(C(n2c(C)c(C)c(C)c2C)C(C)(O)CC(C)O)c1C.[Ti]. The Morgan fingerprint density at radius 3 is 1.22 bits per heavy atom. The molecule has 0 bridgehead atoms. The molecule has 2 atom stereocenters. The molecule has 2 unspecified atom stereocenters. The number of rotatable bonds is 5. The number of hydrogen-bond acceptors (Lipinski definition) is 2. The van der Waals surface area contributed by atoms with Gasteiger partial charge >= 0.3 is 0 Å². The van der Waals surface area contributed by atoms with Crippen molar-refractivity contribution < 1.29 is 31.9 Å². The summed E-state index contributed by atoms with van der Waals surface area (Å²) in [5.41, 5.74) is 8.60. The van der Waals surface area contributed by atoms with Crippen molar-refractivity contribution in [1.82, 2.24) is 9.13 Å². The van der Waals surface area contributed by atoms with Gasteiger partial charge in [-0.3, -0.25) is 0 Å². The predicted octanol–water partition coefficient (Wildman–Crippen LogP) is 4.32. The Morgan fingerprint density at radius 1 is 0.741 bits per heavy atom. The third-order valence-electron chi connectivity index (χ3n) is 6.50. The van der Waals surface area contributed by atoms with E-state index in [2.05, 4.69) is 64.5 Å². The third-order valence-corrected chi connectivity index (χ3v) is 6.50. The van der Waals surface area contributed by atoms with Crippen molar-refractivity contribution in [3.8, 4) is 0 Å². The Morgan fingerprint density at radius 2 is 1.00 bits per heavy atom. The first-order valence-corrected chi connectivity index (χ1v) is 9.52. The fraction of sp³-hybridized carbons (Fsp3) is 0.636. The Hall–Kier alpha value is -0.806. The molecular formula is C22H36N2O2Ti. The van der Waals surface area contributed by atoms with Gasteiger partial charge in [0, 0.05) is 50.9 Å². The van der Waals surface area contributed by atoms with Crippen LogP contribution in [-0.2, 0) is 21.7 Å². The second-order valence-electron chi connectivity index (χ2n) is 8.37. The number of nitrogens with zero attached hydrogens (tertiary/aromatic N) is 2. The maximum Gasteiger partial charge on any atom is 0.138 e. The normalized spacial score (nSPS) is 15.0. The van der Waals surface area contributed by atoms with Crippen LogP contribution < -0.4 is 0 Å². The zero-order chi connectivity index (χ0) is 20.1. The molecule has 150 valence electrons. The van der Waals surface area contributed by atoms with E-state index in [0.29, 0.717) is 6.42 Å². The van der Waals surface area contributed by atoms with Crippen LogP contribution in [0.5, 0.6) is 0 Å². The molecule has 4 nitrogen and oxygen atoms in total. The standard InChI is InChI=1S/C22H36N2O2.Ti/c1-12(25)11-22(10,26)21(23-17(6)13(2)14(3)18(23)7)24-19(8)15(4)16(5)20(24)9;/h12,21,25-26H,11H2,1-10H3;. The largest absolute Gasteiger partial charge is 0.393 e. The molecule has 2 aromatic rings. The first-order valence-electron chi connectivity index (χ1n) is 9.52. The van der Waals surface area contributed by atoms with Crippen LogP contribution in [0.25, 0.3) is 0 Å². The fourth-order valence-electron chi connectivity index (χ4n) is 4.42. The molecule has 0 aliphatic heterocycles. The molecule has 0 aromatic carbocycles. The van der Waals surface area contributed by atoms with Gasteiger partial charge < -0.3 is 19.3 Å². The summed E-state index contributed by atoms with van der Waals surface area (Å²) in [4.78, 5) is 0. The van der Waals surface area contributed by atoms with Crippen LogP contribution in [0.3, 0.4) is 0 Å². The summed E-state index contributed by atoms with van der Waals surface area (Å²) >= 11 is 0. The Balaban J connectivity index is 0.00000364. The number of aromatic nitrogens is 2. The van der Waals surface area contributed by atoms with Crippen molar-refractivity contribution >= 4 is 0 Å². The van der Waals surface area contributed by atoms with Gasteiger partial charge in [-0.25, -0.2) is 0 Å². The minimum Gasteiger partial charge on any atom is -0.393 e. The maximum absolute atomic E-state index is 11.5. The van der Waals surface area contributed by atoms with Crippen LogP contribution in [0, 0.1) is 55.4 Å². The molecule has 0 aliphatic rings. The van der Waals surface area contributed by atoms with Crippen LogP contribution in [-0.4, -0.2) is 31.1 Å². The number of hydrogen-bond donors (Lipinski definition) is 2. The average Bonchev–Trinajstić information content (AvgIpc) is 2.83. The zero-order valence-corrected chi connectivity index (χ0v) is 20.2. The van der Waals surface area contributed by atoms with Gasteiger partial charge in [0.25, 0.3) is 0 Å². The molecule has 2 N–H and O–H groups in total. The molecule has 5 heteroatoms. The first kappa shape index (κ1) is 24.2. The van der Waals surface area contributed by atoms with Gasteiger partial charge in [0.05, 0.1) is 6.10 Å². The second kappa shape index (κ2) is 8.28.